The lowest BCUT2D eigenvalue weighted by Gasteiger charge is -2.24. The van der Waals surface area contributed by atoms with Crippen LogP contribution in [0.25, 0.3) is 0 Å². The van der Waals surface area contributed by atoms with Crippen molar-refractivity contribution in [3.8, 4) is 0 Å². The minimum absolute atomic E-state index is 0.271. The van der Waals surface area contributed by atoms with Gasteiger partial charge >= 0.3 is 0 Å². The zero-order valence-electron chi connectivity index (χ0n) is 11.6. The van der Waals surface area contributed by atoms with Gasteiger partial charge in [-0.05, 0) is 25.7 Å². The molecule has 2 nitrogen and oxygen atoms in total. The Bertz CT molecular complexity index is 294. The summed E-state index contributed by atoms with van der Waals surface area (Å²) in [7, 11) is 1.72. The predicted molar refractivity (Wildman–Crippen MR) is 73.2 cm³/mol. The molecule has 2 saturated carbocycles. The summed E-state index contributed by atoms with van der Waals surface area (Å²) in [6, 6.07) is 0. The molecule has 0 aromatic heterocycles. The van der Waals surface area contributed by atoms with E-state index in [1.54, 1.807) is 7.11 Å². The lowest BCUT2D eigenvalue weighted by molar-refractivity contribution is -0.119. The fourth-order valence-corrected chi connectivity index (χ4v) is 3.38. The van der Waals surface area contributed by atoms with Crippen molar-refractivity contribution in [3.05, 3.63) is 11.8 Å². The van der Waals surface area contributed by atoms with Gasteiger partial charge in [0.2, 0.25) is 0 Å². The van der Waals surface area contributed by atoms with Gasteiger partial charge < -0.3 is 4.74 Å². The van der Waals surface area contributed by atoms with Crippen molar-refractivity contribution < 1.29 is 9.53 Å². The van der Waals surface area contributed by atoms with Crippen molar-refractivity contribution in [1.29, 1.82) is 0 Å². The monoisotopic (exact) mass is 250 g/mol. The molecule has 2 aliphatic carbocycles. The van der Waals surface area contributed by atoms with Gasteiger partial charge in [-0.2, -0.15) is 0 Å². The molecule has 0 unspecified atom stereocenters. The van der Waals surface area contributed by atoms with E-state index in [0.717, 1.165) is 18.6 Å². The van der Waals surface area contributed by atoms with Crippen LogP contribution in [0.3, 0.4) is 0 Å². The summed E-state index contributed by atoms with van der Waals surface area (Å²) in [5.41, 5.74) is 0. The summed E-state index contributed by atoms with van der Waals surface area (Å²) in [6.07, 6.45) is 14.0. The summed E-state index contributed by atoms with van der Waals surface area (Å²) >= 11 is 0. The summed E-state index contributed by atoms with van der Waals surface area (Å²) in [5.74, 6) is 2.03. The number of carbonyl (C=O) groups is 1. The quantitative estimate of drug-likeness (QED) is 0.551. The molecule has 0 N–H and O–H groups in total. The van der Waals surface area contributed by atoms with Crippen LogP contribution in [0.5, 0.6) is 0 Å². The van der Waals surface area contributed by atoms with Crippen LogP contribution >= 0.6 is 0 Å². The topological polar surface area (TPSA) is 26.3 Å². The maximum absolute atomic E-state index is 12.3. The number of hydrogen-bond acceptors (Lipinski definition) is 2. The third-order valence-electron chi connectivity index (χ3n) is 4.54. The van der Waals surface area contributed by atoms with Gasteiger partial charge in [0.05, 0.1) is 7.11 Å². The maximum atomic E-state index is 12.3. The highest BCUT2D eigenvalue weighted by Gasteiger charge is 2.23. The number of allylic oxidation sites excluding steroid dienone is 2. The molecule has 2 fully saturated rings. The highest BCUT2D eigenvalue weighted by Crippen LogP contribution is 2.31. The second-order valence-corrected chi connectivity index (χ2v) is 5.82. The molecular formula is C16H26O2. The normalized spacial score (nSPS) is 23.9. The smallest absolute Gasteiger partial charge is 0.162 e. The van der Waals surface area contributed by atoms with E-state index in [1.165, 1.54) is 51.4 Å². The average Bonchev–Trinajstić information content (AvgIpc) is 2.46. The van der Waals surface area contributed by atoms with E-state index < -0.39 is 0 Å². The van der Waals surface area contributed by atoms with Crippen LogP contribution in [0.15, 0.2) is 11.8 Å². The van der Waals surface area contributed by atoms with Gasteiger partial charge in [-0.3, -0.25) is 4.79 Å². The lowest BCUT2D eigenvalue weighted by atomic mass is 9.84. The van der Waals surface area contributed by atoms with Gasteiger partial charge in [-0.1, -0.05) is 38.5 Å². The minimum Gasteiger partial charge on any atom is -0.501 e. The number of ketones is 1. The second-order valence-electron chi connectivity index (χ2n) is 5.82. The van der Waals surface area contributed by atoms with E-state index >= 15 is 0 Å². The second kappa shape index (κ2) is 6.96. The third-order valence-corrected chi connectivity index (χ3v) is 4.54. The molecule has 0 amide bonds. The van der Waals surface area contributed by atoms with Crippen LogP contribution in [-0.4, -0.2) is 12.9 Å². The van der Waals surface area contributed by atoms with Crippen LogP contribution in [0.2, 0.25) is 0 Å². The van der Waals surface area contributed by atoms with E-state index in [4.69, 9.17) is 4.74 Å². The molecule has 2 aliphatic rings. The molecule has 0 saturated heterocycles. The largest absolute Gasteiger partial charge is 0.501 e. The Kier molecular flexibility index (Phi) is 5.27. The Hall–Kier alpha value is -0.790. The van der Waals surface area contributed by atoms with Gasteiger partial charge in [-0.25, -0.2) is 0 Å². The van der Waals surface area contributed by atoms with Gasteiger partial charge in [0.15, 0.2) is 5.78 Å². The molecule has 0 radical (unpaired) electrons. The van der Waals surface area contributed by atoms with Crippen molar-refractivity contribution in [2.24, 2.45) is 11.8 Å². The molecule has 18 heavy (non-hydrogen) atoms. The molecule has 2 heteroatoms. The number of hydrogen-bond donors (Lipinski definition) is 0. The molecule has 0 heterocycles. The fraction of sp³-hybridized carbons (Fsp3) is 0.812. The van der Waals surface area contributed by atoms with E-state index in [9.17, 15) is 4.79 Å². The van der Waals surface area contributed by atoms with Crippen LogP contribution in [0.1, 0.15) is 64.2 Å². The Morgan fingerprint density at radius 1 is 0.889 bits per heavy atom. The number of methoxy groups -OCH3 is 1. The SMILES string of the molecule is CO/C(=C\C(=O)C1CCCCC1)C1CCCCC1. The van der Waals surface area contributed by atoms with Crippen LogP contribution in [0.4, 0.5) is 0 Å². The van der Waals surface area contributed by atoms with Crippen molar-refractivity contribution in [2.75, 3.05) is 7.11 Å². The first-order valence-corrected chi connectivity index (χ1v) is 7.60. The first kappa shape index (κ1) is 13.6. The summed E-state index contributed by atoms with van der Waals surface area (Å²) in [5, 5.41) is 0. The molecule has 2 rings (SSSR count). The number of carbonyl (C=O) groups excluding carboxylic acids is 1. The lowest BCUT2D eigenvalue weighted by Crippen LogP contribution is -2.18. The van der Waals surface area contributed by atoms with Crippen molar-refractivity contribution in [2.45, 2.75) is 64.2 Å². The number of ether oxygens (including phenoxy) is 1. The molecule has 0 atom stereocenters. The molecule has 0 aromatic carbocycles. The van der Waals surface area contributed by atoms with Crippen molar-refractivity contribution >= 4 is 5.78 Å². The Balaban J connectivity index is 1.96. The summed E-state index contributed by atoms with van der Waals surface area (Å²) < 4.78 is 5.49. The molecule has 0 aromatic rings. The molecular weight excluding hydrogens is 224 g/mol. The van der Waals surface area contributed by atoms with Gasteiger partial charge in [0.1, 0.15) is 5.76 Å². The maximum Gasteiger partial charge on any atom is 0.162 e. The van der Waals surface area contributed by atoms with Gasteiger partial charge in [0.25, 0.3) is 0 Å². The van der Waals surface area contributed by atoms with E-state index in [2.05, 4.69) is 0 Å². The third kappa shape index (κ3) is 3.60. The first-order chi connectivity index (χ1) is 8.81. The van der Waals surface area contributed by atoms with Crippen molar-refractivity contribution in [3.63, 3.8) is 0 Å². The zero-order valence-corrected chi connectivity index (χ0v) is 11.6. The number of rotatable bonds is 4. The van der Waals surface area contributed by atoms with Gasteiger partial charge in [0, 0.05) is 17.9 Å². The van der Waals surface area contributed by atoms with Gasteiger partial charge in [-0.15, -0.1) is 0 Å². The molecule has 102 valence electrons. The highest BCUT2D eigenvalue weighted by atomic mass is 16.5. The Labute approximate surface area is 111 Å². The van der Waals surface area contributed by atoms with Crippen LogP contribution < -0.4 is 0 Å². The van der Waals surface area contributed by atoms with Crippen LogP contribution in [0, 0.1) is 11.8 Å². The minimum atomic E-state index is 0.271. The van der Waals surface area contributed by atoms with E-state index in [1.807, 2.05) is 6.08 Å². The molecule has 0 spiro atoms. The van der Waals surface area contributed by atoms with E-state index in [-0.39, 0.29) is 5.92 Å². The zero-order chi connectivity index (χ0) is 12.8. The molecule has 0 bridgehead atoms. The fourth-order valence-electron chi connectivity index (χ4n) is 3.38. The summed E-state index contributed by atoms with van der Waals surface area (Å²) in [6.45, 7) is 0. The average molecular weight is 250 g/mol. The highest BCUT2D eigenvalue weighted by molar-refractivity contribution is 5.92. The van der Waals surface area contributed by atoms with Crippen molar-refractivity contribution in [1.82, 2.24) is 0 Å². The van der Waals surface area contributed by atoms with Crippen LogP contribution in [-0.2, 0) is 9.53 Å². The molecule has 0 aliphatic heterocycles. The standard InChI is InChI=1S/C16H26O2/c1-18-16(14-10-6-3-7-11-14)12-15(17)13-8-4-2-5-9-13/h12-14H,2-11H2,1H3/b16-12-. The summed E-state index contributed by atoms with van der Waals surface area (Å²) in [4.78, 5) is 12.3. The van der Waals surface area contributed by atoms with E-state index in [0.29, 0.717) is 11.7 Å². The predicted octanol–water partition coefficient (Wildman–Crippen LogP) is 4.25. The Morgan fingerprint density at radius 2 is 1.39 bits per heavy atom. The Morgan fingerprint density at radius 3 is 1.89 bits per heavy atom. The first-order valence-electron chi connectivity index (χ1n) is 7.60.